The molecule has 0 saturated carbocycles. The second-order valence-corrected chi connectivity index (χ2v) is 6.27. The van der Waals surface area contributed by atoms with Crippen molar-refractivity contribution in [1.82, 2.24) is 0 Å². The van der Waals surface area contributed by atoms with Gasteiger partial charge in [-0.1, -0.05) is 41.9 Å². The molecule has 0 heterocycles. The summed E-state index contributed by atoms with van der Waals surface area (Å²) in [6.07, 6.45) is 0. The predicted octanol–water partition coefficient (Wildman–Crippen LogP) is 5.57. The fraction of sp³-hybridized carbons (Fsp3) is 0.136. The number of ether oxygens (including phenoxy) is 2. The van der Waals surface area contributed by atoms with Crippen molar-refractivity contribution in [3.05, 3.63) is 88.9 Å². The lowest BCUT2D eigenvalue weighted by Gasteiger charge is -2.13. The van der Waals surface area contributed by atoms with Gasteiger partial charge in [-0.3, -0.25) is 4.79 Å². The highest BCUT2D eigenvalue weighted by Gasteiger charge is 2.12. The van der Waals surface area contributed by atoms with Crippen LogP contribution in [0.2, 0.25) is 5.02 Å². The molecular weight excluding hydrogens is 362 g/mol. The van der Waals surface area contributed by atoms with E-state index in [9.17, 15) is 4.79 Å². The van der Waals surface area contributed by atoms with E-state index in [1.54, 1.807) is 42.5 Å². The van der Waals surface area contributed by atoms with Gasteiger partial charge >= 0.3 is 0 Å². The molecule has 0 aliphatic carbocycles. The number of hydrogen-bond acceptors (Lipinski definition) is 3. The van der Waals surface area contributed by atoms with Crippen molar-refractivity contribution in [2.45, 2.75) is 13.5 Å². The van der Waals surface area contributed by atoms with Crippen molar-refractivity contribution >= 4 is 23.2 Å². The maximum atomic E-state index is 12.5. The van der Waals surface area contributed by atoms with E-state index in [2.05, 4.69) is 5.32 Å². The Labute approximate surface area is 163 Å². The Hall–Kier alpha value is -2.98. The van der Waals surface area contributed by atoms with Crippen LogP contribution in [0.5, 0.6) is 11.5 Å². The minimum atomic E-state index is -0.229. The van der Waals surface area contributed by atoms with Crippen LogP contribution in [0.3, 0.4) is 0 Å². The van der Waals surface area contributed by atoms with E-state index in [1.807, 2.05) is 37.3 Å². The number of benzene rings is 3. The number of anilines is 1. The van der Waals surface area contributed by atoms with E-state index in [1.165, 1.54) is 0 Å². The number of carbonyl (C=O) groups is 1. The molecule has 1 amide bonds. The first-order valence-electron chi connectivity index (χ1n) is 8.66. The quantitative estimate of drug-likeness (QED) is 0.582. The zero-order chi connectivity index (χ0) is 19.1. The molecule has 0 unspecified atom stereocenters. The third-order valence-corrected chi connectivity index (χ3v) is 4.10. The first-order chi connectivity index (χ1) is 13.2. The van der Waals surface area contributed by atoms with Gasteiger partial charge in [-0.2, -0.15) is 0 Å². The lowest BCUT2D eigenvalue weighted by Crippen LogP contribution is -2.12. The summed E-state index contributed by atoms with van der Waals surface area (Å²) >= 11 is 5.87. The highest BCUT2D eigenvalue weighted by atomic mass is 35.5. The summed E-state index contributed by atoms with van der Waals surface area (Å²) in [5, 5.41) is 3.46. The Morgan fingerprint density at radius 3 is 2.37 bits per heavy atom. The normalized spacial score (nSPS) is 10.3. The molecule has 138 valence electrons. The van der Waals surface area contributed by atoms with Gasteiger partial charge in [0, 0.05) is 16.3 Å². The first-order valence-corrected chi connectivity index (χ1v) is 9.04. The Morgan fingerprint density at radius 1 is 0.926 bits per heavy atom. The van der Waals surface area contributed by atoms with Crippen LogP contribution in [-0.2, 0) is 6.61 Å². The molecule has 3 aromatic rings. The zero-order valence-corrected chi connectivity index (χ0v) is 15.7. The average molecular weight is 382 g/mol. The molecule has 0 bridgehead atoms. The van der Waals surface area contributed by atoms with Crippen LogP contribution in [0.15, 0.2) is 72.8 Å². The predicted molar refractivity (Wildman–Crippen MR) is 108 cm³/mol. The number of halogens is 1. The van der Waals surface area contributed by atoms with Crippen molar-refractivity contribution in [2.75, 3.05) is 11.9 Å². The van der Waals surface area contributed by atoms with Gasteiger partial charge in [0.25, 0.3) is 5.91 Å². The van der Waals surface area contributed by atoms with Crippen LogP contribution in [0, 0.1) is 0 Å². The van der Waals surface area contributed by atoms with E-state index >= 15 is 0 Å². The number of carbonyl (C=O) groups excluding carboxylic acids is 1. The molecule has 3 aromatic carbocycles. The Kier molecular flexibility index (Phi) is 6.34. The van der Waals surface area contributed by atoms with Crippen LogP contribution >= 0.6 is 11.6 Å². The van der Waals surface area contributed by atoms with Gasteiger partial charge in [-0.05, 0) is 55.0 Å². The average Bonchev–Trinajstić information content (AvgIpc) is 2.69. The number of hydrogen-bond donors (Lipinski definition) is 1. The van der Waals surface area contributed by atoms with Gasteiger partial charge in [0.15, 0.2) is 11.5 Å². The Bertz CT molecular complexity index is 895. The molecule has 0 fully saturated rings. The van der Waals surface area contributed by atoms with Gasteiger partial charge in [0.05, 0.1) is 6.61 Å². The van der Waals surface area contributed by atoms with E-state index < -0.39 is 0 Å². The number of nitrogens with one attached hydrogen (secondary N) is 1. The summed E-state index contributed by atoms with van der Waals surface area (Å²) in [5.74, 6) is 0.911. The van der Waals surface area contributed by atoms with Gasteiger partial charge in [-0.15, -0.1) is 0 Å². The van der Waals surface area contributed by atoms with Crippen molar-refractivity contribution < 1.29 is 14.3 Å². The summed E-state index contributed by atoms with van der Waals surface area (Å²) in [5.41, 5.74) is 2.22. The van der Waals surface area contributed by atoms with Gasteiger partial charge in [0.1, 0.15) is 6.61 Å². The number of amides is 1. The zero-order valence-electron chi connectivity index (χ0n) is 14.9. The second-order valence-electron chi connectivity index (χ2n) is 5.83. The molecular formula is C22H20ClNO3. The molecule has 0 aliphatic heterocycles. The van der Waals surface area contributed by atoms with Crippen LogP contribution in [-0.4, -0.2) is 12.5 Å². The molecule has 0 atom stereocenters. The molecule has 0 saturated heterocycles. The summed E-state index contributed by atoms with van der Waals surface area (Å²) in [6, 6.07) is 22.0. The highest BCUT2D eigenvalue weighted by Crippen LogP contribution is 2.29. The summed E-state index contributed by atoms with van der Waals surface area (Å²) in [6.45, 7) is 2.79. The van der Waals surface area contributed by atoms with E-state index in [0.29, 0.717) is 41.0 Å². The largest absolute Gasteiger partial charge is 0.490 e. The van der Waals surface area contributed by atoms with Crippen LogP contribution in [0.4, 0.5) is 5.69 Å². The SMILES string of the molecule is CCOc1cc(C(=O)Nc2ccc(Cl)cc2)ccc1OCc1ccccc1. The molecule has 5 heteroatoms. The summed E-state index contributed by atoms with van der Waals surface area (Å²) in [4.78, 5) is 12.5. The van der Waals surface area contributed by atoms with Gasteiger partial charge in [0.2, 0.25) is 0 Å². The maximum Gasteiger partial charge on any atom is 0.255 e. The molecule has 0 spiro atoms. The lowest BCUT2D eigenvalue weighted by molar-refractivity contribution is 0.102. The minimum absolute atomic E-state index is 0.229. The standard InChI is InChI=1S/C22H20ClNO3/c1-2-26-21-14-17(22(25)24-19-11-9-18(23)10-12-19)8-13-20(21)27-15-16-6-4-3-5-7-16/h3-14H,2,15H2,1H3,(H,24,25). The van der Waals surface area contributed by atoms with Crippen molar-refractivity contribution in [2.24, 2.45) is 0 Å². The van der Waals surface area contributed by atoms with Crippen LogP contribution < -0.4 is 14.8 Å². The Balaban J connectivity index is 1.73. The third kappa shape index (κ3) is 5.25. The van der Waals surface area contributed by atoms with Crippen LogP contribution in [0.25, 0.3) is 0 Å². The minimum Gasteiger partial charge on any atom is -0.490 e. The maximum absolute atomic E-state index is 12.5. The fourth-order valence-electron chi connectivity index (χ4n) is 2.51. The van der Waals surface area contributed by atoms with E-state index in [-0.39, 0.29) is 5.91 Å². The summed E-state index contributed by atoms with van der Waals surface area (Å²) in [7, 11) is 0. The molecule has 0 radical (unpaired) electrons. The smallest absolute Gasteiger partial charge is 0.255 e. The molecule has 27 heavy (non-hydrogen) atoms. The lowest BCUT2D eigenvalue weighted by atomic mass is 10.1. The van der Waals surface area contributed by atoms with E-state index in [0.717, 1.165) is 5.56 Å². The summed E-state index contributed by atoms with van der Waals surface area (Å²) < 4.78 is 11.5. The first kappa shape index (κ1) is 18.8. The van der Waals surface area contributed by atoms with Gasteiger partial charge < -0.3 is 14.8 Å². The second kappa shape index (κ2) is 9.10. The topological polar surface area (TPSA) is 47.6 Å². The van der Waals surface area contributed by atoms with Crippen molar-refractivity contribution in [3.63, 3.8) is 0 Å². The molecule has 0 aromatic heterocycles. The number of rotatable bonds is 7. The highest BCUT2D eigenvalue weighted by molar-refractivity contribution is 6.30. The molecule has 1 N–H and O–H groups in total. The molecule has 3 rings (SSSR count). The molecule has 0 aliphatic rings. The van der Waals surface area contributed by atoms with Crippen molar-refractivity contribution in [3.8, 4) is 11.5 Å². The van der Waals surface area contributed by atoms with Gasteiger partial charge in [-0.25, -0.2) is 0 Å². The third-order valence-electron chi connectivity index (χ3n) is 3.84. The van der Waals surface area contributed by atoms with Crippen LogP contribution in [0.1, 0.15) is 22.8 Å². The van der Waals surface area contributed by atoms with E-state index in [4.69, 9.17) is 21.1 Å². The van der Waals surface area contributed by atoms with Crippen molar-refractivity contribution in [1.29, 1.82) is 0 Å². The molecule has 4 nitrogen and oxygen atoms in total. The Morgan fingerprint density at radius 2 is 1.67 bits per heavy atom. The monoisotopic (exact) mass is 381 g/mol. The fourth-order valence-corrected chi connectivity index (χ4v) is 2.63.